The monoisotopic (exact) mass is 806 g/mol. The summed E-state index contributed by atoms with van der Waals surface area (Å²) in [7, 11) is 14.2. The van der Waals surface area contributed by atoms with E-state index in [4.69, 9.17) is 26.5 Å². The summed E-state index contributed by atoms with van der Waals surface area (Å²) in [5, 5.41) is 6.75. The van der Waals surface area contributed by atoms with Gasteiger partial charge in [0, 0.05) is 0 Å². The first kappa shape index (κ1) is 40.4. The zero-order valence-corrected chi connectivity index (χ0v) is 35.5. The Kier molecular flexibility index (Phi) is 16.3. The summed E-state index contributed by atoms with van der Waals surface area (Å²) < 4.78 is 10.5. The number of halogens is 2. The van der Waals surface area contributed by atoms with Gasteiger partial charge in [-0.25, -0.2) is 0 Å². The molecular weight excluding hydrogens is 763 g/mol. The molecule has 0 saturated heterocycles. The first-order chi connectivity index (χ1) is 24.7. The molecule has 0 N–H and O–H groups in total. The van der Waals surface area contributed by atoms with Gasteiger partial charge in [0.25, 0.3) is 0 Å². The van der Waals surface area contributed by atoms with E-state index in [1.165, 1.54) is 60.1 Å². The van der Waals surface area contributed by atoms with E-state index in [2.05, 4.69) is 143 Å². The summed E-state index contributed by atoms with van der Waals surface area (Å²) in [5.74, 6) is 2.91. The van der Waals surface area contributed by atoms with E-state index in [9.17, 15) is 0 Å². The van der Waals surface area contributed by atoms with E-state index in [1.54, 1.807) is 14.2 Å². The van der Waals surface area contributed by atoms with Gasteiger partial charge in [0.15, 0.2) is 0 Å². The molecule has 0 aliphatic heterocycles. The van der Waals surface area contributed by atoms with Crippen LogP contribution < -0.4 is 14.7 Å². The molecule has 0 heterocycles. The van der Waals surface area contributed by atoms with E-state index in [-0.39, 0.29) is 0 Å². The predicted octanol–water partition coefficient (Wildman–Crippen LogP) is 13.2. The van der Waals surface area contributed by atoms with Crippen molar-refractivity contribution in [3.05, 3.63) is 151 Å². The van der Waals surface area contributed by atoms with Gasteiger partial charge in [0.05, 0.1) is 23.7 Å². The first-order valence-corrected chi connectivity index (χ1v) is 24.9. The summed E-state index contributed by atoms with van der Waals surface area (Å²) in [6.07, 6.45) is 0. The van der Waals surface area contributed by atoms with Gasteiger partial charge in [-0.15, -0.1) is 69.1 Å². The number of methoxy groups -OCH3 is 2. The average Bonchev–Trinajstić information content (AvgIpc) is 3.82. The molecular formula is C45H46Cl2O2SiZr. The van der Waals surface area contributed by atoms with E-state index in [0.717, 1.165) is 21.0 Å². The van der Waals surface area contributed by atoms with Crippen molar-refractivity contribution in [3.8, 4) is 33.8 Å². The second-order valence-electron chi connectivity index (χ2n) is 12.6. The Bertz CT molecular complexity index is 1920. The van der Waals surface area contributed by atoms with Crippen molar-refractivity contribution >= 4 is 53.3 Å². The Morgan fingerprint density at radius 1 is 0.549 bits per heavy atom. The molecule has 0 saturated carbocycles. The van der Waals surface area contributed by atoms with Crippen molar-refractivity contribution in [2.75, 3.05) is 14.2 Å². The maximum atomic E-state index is 5.23. The van der Waals surface area contributed by atoms with Crippen molar-refractivity contribution in [2.45, 2.75) is 46.1 Å². The molecule has 0 aliphatic rings. The van der Waals surface area contributed by atoms with Crippen LogP contribution in [-0.2, 0) is 20.8 Å². The molecule has 0 fully saturated rings. The van der Waals surface area contributed by atoms with Gasteiger partial charge in [0.1, 0.15) is 11.5 Å². The summed E-state index contributed by atoms with van der Waals surface area (Å²) >= 11 is -0.826. The van der Waals surface area contributed by atoms with E-state index >= 15 is 0 Å². The third kappa shape index (κ3) is 11.3. The molecule has 51 heavy (non-hydrogen) atoms. The van der Waals surface area contributed by atoms with Crippen molar-refractivity contribution < 1.29 is 30.3 Å². The van der Waals surface area contributed by atoms with E-state index < -0.39 is 20.8 Å². The van der Waals surface area contributed by atoms with Crippen LogP contribution >= 0.6 is 17.0 Å². The molecule has 7 rings (SSSR count). The van der Waals surface area contributed by atoms with Crippen molar-refractivity contribution in [1.29, 1.82) is 0 Å². The fourth-order valence-corrected chi connectivity index (χ4v) is 6.36. The molecule has 0 aliphatic carbocycles. The SMILES string of the molecule is COc1ccc(-c2cccc3[cH-]c(C(C)C)cc23)cc1.COc1ccc(-c2cccc3[cH-]c(C(C)C)cc23)cc1.C[Si]c1ccccc1.[Cl][Zr+2][Cl]. The van der Waals surface area contributed by atoms with Crippen LogP contribution in [0.25, 0.3) is 43.8 Å². The summed E-state index contributed by atoms with van der Waals surface area (Å²) in [5.41, 5.74) is 7.85. The van der Waals surface area contributed by atoms with Crippen LogP contribution in [0, 0.1) is 0 Å². The average molecular weight is 809 g/mol. The van der Waals surface area contributed by atoms with Gasteiger partial charge in [-0.1, -0.05) is 117 Å². The maximum absolute atomic E-state index is 5.23. The van der Waals surface area contributed by atoms with Crippen LogP contribution in [0.5, 0.6) is 11.5 Å². The second-order valence-corrected chi connectivity index (χ2v) is 17.5. The molecule has 0 bridgehead atoms. The number of ether oxygens (including phenoxy) is 2. The Labute approximate surface area is 326 Å². The normalized spacial score (nSPS) is 10.4. The first-order valence-electron chi connectivity index (χ1n) is 17.1. The third-order valence-electron chi connectivity index (χ3n) is 8.74. The van der Waals surface area contributed by atoms with Crippen LogP contribution in [0.2, 0.25) is 6.55 Å². The Hall–Kier alpha value is -3.40. The van der Waals surface area contributed by atoms with E-state index in [1.807, 2.05) is 30.3 Å². The molecule has 0 atom stereocenters. The van der Waals surface area contributed by atoms with E-state index in [0.29, 0.717) is 11.8 Å². The molecule has 0 spiro atoms. The Morgan fingerprint density at radius 3 is 1.25 bits per heavy atom. The van der Waals surface area contributed by atoms with Crippen LogP contribution in [-0.4, -0.2) is 23.7 Å². The molecule has 2 nitrogen and oxygen atoms in total. The summed E-state index contributed by atoms with van der Waals surface area (Å²) in [4.78, 5) is 0. The number of benzene rings is 5. The predicted molar refractivity (Wildman–Crippen MR) is 221 cm³/mol. The molecule has 7 aromatic rings. The van der Waals surface area contributed by atoms with Crippen molar-refractivity contribution in [3.63, 3.8) is 0 Å². The molecule has 260 valence electrons. The molecule has 0 unspecified atom stereocenters. The fourth-order valence-electron chi connectivity index (χ4n) is 5.83. The number of hydrogen-bond acceptors (Lipinski definition) is 2. The number of hydrogen-bond donors (Lipinski definition) is 0. The van der Waals surface area contributed by atoms with Crippen LogP contribution in [0.15, 0.2) is 140 Å². The molecule has 0 aromatic heterocycles. The van der Waals surface area contributed by atoms with Crippen molar-refractivity contribution in [2.24, 2.45) is 0 Å². The second kappa shape index (κ2) is 20.6. The minimum absolute atomic E-state index is 0.561. The zero-order chi connectivity index (χ0) is 36.8. The molecule has 2 radical (unpaired) electrons. The number of rotatable bonds is 7. The molecule has 6 heteroatoms. The minimum atomic E-state index is -0.826. The fraction of sp³-hybridized carbons (Fsp3) is 0.200. The van der Waals surface area contributed by atoms with Gasteiger partial charge in [-0.3, -0.25) is 0 Å². The van der Waals surface area contributed by atoms with Crippen molar-refractivity contribution in [1.82, 2.24) is 0 Å². The van der Waals surface area contributed by atoms with Crippen LogP contribution in [0.3, 0.4) is 0 Å². The van der Waals surface area contributed by atoms with Crippen LogP contribution in [0.1, 0.15) is 50.7 Å². The van der Waals surface area contributed by atoms with Gasteiger partial charge in [-0.05, 0) is 47.2 Å². The molecule has 0 amide bonds. The third-order valence-corrected chi connectivity index (χ3v) is 9.65. The topological polar surface area (TPSA) is 18.5 Å². The number of fused-ring (bicyclic) bond motifs is 2. The summed E-state index contributed by atoms with van der Waals surface area (Å²) in [6, 6.07) is 49.3. The van der Waals surface area contributed by atoms with Gasteiger partial charge < -0.3 is 9.47 Å². The standard InChI is InChI=1S/2C19H19O.C7H8Si.2ClH.Zr/c2*1-13(2)16-11-15-5-4-6-18(19(15)12-16)14-7-9-17(20-3)10-8-14;1-8-7-5-3-2-4-6-7;;;/h2*4-13H,1-3H3;2-6H,1H3;2*1H;/q2*-1;;;;+4/p-2. The zero-order valence-electron chi connectivity index (χ0n) is 30.5. The summed E-state index contributed by atoms with van der Waals surface area (Å²) in [6.45, 7) is 11.1. The van der Waals surface area contributed by atoms with Gasteiger partial charge in [0.2, 0.25) is 0 Å². The van der Waals surface area contributed by atoms with Gasteiger partial charge in [-0.2, -0.15) is 12.1 Å². The Morgan fingerprint density at radius 2 is 0.941 bits per heavy atom. The van der Waals surface area contributed by atoms with Crippen LogP contribution in [0.4, 0.5) is 0 Å². The van der Waals surface area contributed by atoms with Gasteiger partial charge >= 0.3 is 37.9 Å². The Balaban J connectivity index is 0.000000178. The quantitative estimate of drug-likeness (QED) is 0.118. The molecule has 7 aromatic carbocycles.